The summed E-state index contributed by atoms with van der Waals surface area (Å²) in [5.41, 5.74) is 8.21. The molecule has 0 spiro atoms. The first kappa shape index (κ1) is 11.2. The highest BCUT2D eigenvalue weighted by Gasteiger charge is 2.20. The van der Waals surface area contributed by atoms with E-state index in [-0.39, 0.29) is 5.54 Å². The summed E-state index contributed by atoms with van der Waals surface area (Å²) in [6.45, 7) is 4.68. The van der Waals surface area contributed by atoms with Crippen molar-refractivity contribution in [3.63, 3.8) is 0 Å². The Hall–Kier alpha value is -0.860. The molecule has 1 aromatic rings. The van der Waals surface area contributed by atoms with Crippen LogP contribution in [-0.4, -0.2) is 13.7 Å². The smallest absolute Gasteiger partial charge is 0.0681 e. The van der Waals surface area contributed by atoms with Crippen molar-refractivity contribution < 1.29 is 4.74 Å². The van der Waals surface area contributed by atoms with Crippen LogP contribution in [0.4, 0.5) is 0 Å². The zero-order chi connectivity index (χ0) is 10.6. The number of rotatable bonds is 4. The summed E-state index contributed by atoms with van der Waals surface area (Å²) in [6.07, 6.45) is 1.04. The summed E-state index contributed by atoms with van der Waals surface area (Å²) in [5, 5.41) is 0. The van der Waals surface area contributed by atoms with Crippen LogP contribution in [0.3, 0.4) is 0 Å². The van der Waals surface area contributed by atoms with Gasteiger partial charge in [0.05, 0.1) is 12.1 Å². The molecule has 1 rings (SSSR count). The van der Waals surface area contributed by atoms with Crippen molar-refractivity contribution in [2.75, 3.05) is 13.7 Å². The number of ether oxygens (including phenoxy) is 1. The number of aryl methyl sites for hydroxylation is 1. The lowest BCUT2D eigenvalue weighted by Crippen LogP contribution is -2.37. The lowest BCUT2D eigenvalue weighted by Gasteiger charge is -2.24. The Labute approximate surface area is 86.1 Å². The topological polar surface area (TPSA) is 35.2 Å². The molecule has 0 saturated heterocycles. The van der Waals surface area contributed by atoms with E-state index in [4.69, 9.17) is 10.5 Å². The Morgan fingerprint density at radius 3 is 2.71 bits per heavy atom. The van der Waals surface area contributed by atoms with Gasteiger partial charge in [0.1, 0.15) is 0 Å². The van der Waals surface area contributed by atoms with Crippen molar-refractivity contribution in [3.05, 3.63) is 35.4 Å². The predicted molar refractivity (Wildman–Crippen MR) is 59.2 cm³/mol. The fraction of sp³-hybridized carbons (Fsp3) is 0.500. The van der Waals surface area contributed by atoms with E-state index < -0.39 is 0 Å². The maximum atomic E-state index is 6.15. The summed E-state index contributed by atoms with van der Waals surface area (Å²) in [7, 11) is 1.68. The van der Waals surface area contributed by atoms with Gasteiger partial charge in [-0.3, -0.25) is 0 Å². The second kappa shape index (κ2) is 4.58. The third kappa shape index (κ3) is 2.56. The van der Waals surface area contributed by atoms with Crippen LogP contribution in [0.25, 0.3) is 0 Å². The van der Waals surface area contributed by atoms with Gasteiger partial charge in [-0.05, 0) is 24.5 Å². The molecule has 78 valence electrons. The molecule has 2 N–H and O–H groups in total. The van der Waals surface area contributed by atoms with Crippen molar-refractivity contribution in [1.82, 2.24) is 0 Å². The van der Waals surface area contributed by atoms with Gasteiger partial charge >= 0.3 is 0 Å². The standard InChI is InChI=1S/C12H19NO/c1-4-10-6-5-7-11(8-10)12(2,13)9-14-3/h5-8H,4,9,13H2,1-3H3. The van der Waals surface area contributed by atoms with Crippen molar-refractivity contribution in [2.45, 2.75) is 25.8 Å². The molecule has 0 radical (unpaired) electrons. The molecule has 14 heavy (non-hydrogen) atoms. The molecule has 2 heteroatoms. The van der Waals surface area contributed by atoms with Crippen LogP contribution in [0.15, 0.2) is 24.3 Å². The van der Waals surface area contributed by atoms with Crippen LogP contribution in [0.1, 0.15) is 25.0 Å². The Morgan fingerprint density at radius 1 is 1.43 bits per heavy atom. The van der Waals surface area contributed by atoms with Gasteiger partial charge in [-0.25, -0.2) is 0 Å². The van der Waals surface area contributed by atoms with Crippen molar-refractivity contribution in [1.29, 1.82) is 0 Å². The summed E-state index contributed by atoms with van der Waals surface area (Å²) >= 11 is 0. The maximum Gasteiger partial charge on any atom is 0.0681 e. The van der Waals surface area contributed by atoms with Crippen LogP contribution in [0.2, 0.25) is 0 Å². The van der Waals surface area contributed by atoms with E-state index in [9.17, 15) is 0 Å². The van der Waals surface area contributed by atoms with Gasteiger partial charge in [-0.2, -0.15) is 0 Å². The highest BCUT2D eigenvalue weighted by Crippen LogP contribution is 2.19. The fourth-order valence-electron chi connectivity index (χ4n) is 1.53. The summed E-state index contributed by atoms with van der Waals surface area (Å²) < 4.78 is 5.11. The van der Waals surface area contributed by atoms with Gasteiger partial charge < -0.3 is 10.5 Å². The Balaban J connectivity index is 2.93. The van der Waals surface area contributed by atoms with Gasteiger partial charge in [0, 0.05) is 7.11 Å². The molecule has 0 bridgehead atoms. The van der Waals surface area contributed by atoms with Crippen LogP contribution in [-0.2, 0) is 16.7 Å². The molecule has 0 aliphatic rings. The second-order valence-corrected chi connectivity index (χ2v) is 3.90. The third-order valence-electron chi connectivity index (χ3n) is 2.44. The van der Waals surface area contributed by atoms with E-state index in [1.165, 1.54) is 5.56 Å². The Kier molecular flexibility index (Phi) is 3.67. The van der Waals surface area contributed by atoms with Gasteiger partial charge in [-0.1, -0.05) is 31.2 Å². The number of hydrogen-bond acceptors (Lipinski definition) is 2. The summed E-state index contributed by atoms with van der Waals surface area (Å²) in [4.78, 5) is 0. The summed E-state index contributed by atoms with van der Waals surface area (Å²) in [6, 6.07) is 8.37. The molecule has 0 aliphatic heterocycles. The minimum atomic E-state index is -0.389. The first-order valence-electron chi connectivity index (χ1n) is 4.97. The van der Waals surface area contributed by atoms with E-state index in [1.54, 1.807) is 7.11 Å². The lowest BCUT2D eigenvalue weighted by molar-refractivity contribution is 0.141. The molecule has 0 aliphatic carbocycles. The molecule has 1 atom stereocenters. The van der Waals surface area contributed by atoms with Crippen molar-refractivity contribution >= 4 is 0 Å². The average Bonchev–Trinajstić information content (AvgIpc) is 2.18. The number of hydrogen-bond donors (Lipinski definition) is 1. The first-order valence-corrected chi connectivity index (χ1v) is 4.97. The maximum absolute atomic E-state index is 6.15. The fourth-order valence-corrected chi connectivity index (χ4v) is 1.53. The molecule has 0 fully saturated rings. The molecular formula is C12H19NO. The quantitative estimate of drug-likeness (QED) is 0.794. The monoisotopic (exact) mass is 193 g/mol. The van der Waals surface area contributed by atoms with Gasteiger partial charge in [-0.15, -0.1) is 0 Å². The van der Waals surface area contributed by atoms with Gasteiger partial charge in [0.2, 0.25) is 0 Å². The molecule has 1 unspecified atom stereocenters. The third-order valence-corrected chi connectivity index (χ3v) is 2.44. The molecule has 2 nitrogen and oxygen atoms in total. The minimum absolute atomic E-state index is 0.389. The van der Waals surface area contributed by atoms with Crippen LogP contribution in [0.5, 0.6) is 0 Å². The number of benzene rings is 1. The normalized spacial score (nSPS) is 15.1. The summed E-state index contributed by atoms with van der Waals surface area (Å²) in [5.74, 6) is 0. The van der Waals surface area contributed by atoms with Crippen molar-refractivity contribution in [2.24, 2.45) is 5.73 Å². The lowest BCUT2D eigenvalue weighted by atomic mass is 9.92. The van der Waals surface area contributed by atoms with Gasteiger partial charge in [0.25, 0.3) is 0 Å². The van der Waals surface area contributed by atoms with E-state index in [1.807, 2.05) is 6.92 Å². The van der Waals surface area contributed by atoms with Crippen LogP contribution in [0, 0.1) is 0 Å². The first-order chi connectivity index (χ1) is 6.60. The van der Waals surface area contributed by atoms with Crippen molar-refractivity contribution in [3.8, 4) is 0 Å². The number of methoxy groups -OCH3 is 1. The highest BCUT2D eigenvalue weighted by molar-refractivity contribution is 5.28. The largest absolute Gasteiger partial charge is 0.382 e. The molecule has 0 aromatic heterocycles. The van der Waals surface area contributed by atoms with E-state index in [0.717, 1.165) is 12.0 Å². The molecule has 1 aromatic carbocycles. The highest BCUT2D eigenvalue weighted by atomic mass is 16.5. The van der Waals surface area contributed by atoms with E-state index >= 15 is 0 Å². The van der Waals surface area contributed by atoms with Crippen LogP contribution < -0.4 is 5.73 Å². The van der Waals surface area contributed by atoms with Crippen LogP contribution >= 0.6 is 0 Å². The molecular weight excluding hydrogens is 174 g/mol. The predicted octanol–water partition coefficient (Wildman–Crippen LogP) is 2.07. The zero-order valence-corrected chi connectivity index (χ0v) is 9.21. The van der Waals surface area contributed by atoms with Gasteiger partial charge in [0.15, 0.2) is 0 Å². The molecule has 0 saturated carbocycles. The van der Waals surface area contributed by atoms with E-state index in [2.05, 4.69) is 31.2 Å². The van der Waals surface area contributed by atoms with E-state index in [0.29, 0.717) is 6.61 Å². The molecule has 0 heterocycles. The average molecular weight is 193 g/mol. The number of nitrogens with two attached hydrogens (primary N) is 1. The molecule has 0 amide bonds. The second-order valence-electron chi connectivity index (χ2n) is 3.90. The Morgan fingerprint density at radius 2 is 2.14 bits per heavy atom. The minimum Gasteiger partial charge on any atom is -0.382 e. The Bertz CT molecular complexity index is 294. The zero-order valence-electron chi connectivity index (χ0n) is 9.21. The SMILES string of the molecule is CCc1cccc(C(C)(N)COC)c1.